The number of fused-ring (bicyclic) bond motifs is 2. The van der Waals surface area contributed by atoms with Crippen molar-refractivity contribution in [2.45, 2.75) is 50.4 Å². The van der Waals surface area contributed by atoms with Gasteiger partial charge in [-0.3, -0.25) is 14.9 Å². The second kappa shape index (κ2) is 16.1. The van der Waals surface area contributed by atoms with Crippen LogP contribution in [0.5, 0.6) is 0 Å². The number of hydrogen-bond acceptors (Lipinski definition) is 8. The zero-order valence-electron chi connectivity index (χ0n) is 24.6. The molecule has 1 atom stereocenters. The number of likely N-dealkylation sites (tertiary alicyclic amines) is 1. The Morgan fingerprint density at radius 3 is 1.77 bits per heavy atom. The summed E-state index contributed by atoms with van der Waals surface area (Å²) >= 11 is 1.92. The van der Waals surface area contributed by atoms with Crippen molar-refractivity contribution in [3.63, 3.8) is 0 Å². The lowest BCUT2D eigenvalue weighted by Crippen LogP contribution is -2.36. The summed E-state index contributed by atoms with van der Waals surface area (Å²) in [5.74, 6) is -8.27. The summed E-state index contributed by atoms with van der Waals surface area (Å²) in [5, 5.41) is 21.4. The number of carboxylic acid groups (broad SMARTS) is 3. The Bertz CT molecular complexity index is 1480. The summed E-state index contributed by atoms with van der Waals surface area (Å²) in [6, 6.07) is 15.0. The number of hydrogen-bond donors (Lipinski definition) is 3. The fourth-order valence-electron chi connectivity index (χ4n) is 4.62. The van der Waals surface area contributed by atoms with Gasteiger partial charge in [-0.25, -0.2) is 14.4 Å². The summed E-state index contributed by atoms with van der Waals surface area (Å²) in [7, 11) is 0. The van der Waals surface area contributed by atoms with Crippen LogP contribution in [-0.2, 0) is 32.9 Å². The molecule has 2 aliphatic heterocycles. The molecule has 264 valence electrons. The molecule has 3 N–H and O–H groups in total. The van der Waals surface area contributed by atoms with Crippen molar-refractivity contribution in [1.29, 1.82) is 0 Å². The van der Waals surface area contributed by atoms with Crippen LogP contribution in [-0.4, -0.2) is 86.3 Å². The Morgan fingerprint density at radius 2 is 1.31 bits per heavy atom. The van der Waals surface area contributed by atoms with Crippen molar-refractivity contribution < 1.29 is 69.2 Å². The Morgan fingerprint density at radius 1 is 0.771 bits per heavy atom. The number of alkyl halides is 9. The van der Waals surface area contributed by atoms with Crippen molar-refractivity contribution in [3.8, 4) is 0 Å². The first-order chi connectivity index (χ1) is 22.0. The highest BCUT2D eigenvalue weighted by atomic mass is 32.1. The number of anilines is 1. The SMILES string of the molecule is Cc1ccc(CN2CCC3(C2)CN(Cc2ccccn2)c2cccnc23)s1.O=C(O)C(F)(F)F.O=C(O)C(F)(F)F.O=C(O)C(F)(F)F. The number of carbonyl (C=O) groups is 3. The monoisotopic (exact) mass is 718 g/mol. The molecule has 1 saturated heterocycles. The van der Waals surface area contributed by atoms with Gasteiger partial charge in [-0.2, -0.15) is 39.5 Å². The largest absolute Gasteiger partial charge is 0.490 e. The van der Waals surface area contributed by atoms with Gasteiger partial charge in [0.1, 0.15) is 0 Å². The highest BCUT2D eigenvalue weighted by Gasteiger charge is 2.48. The maximum atomic E-state index is 10.6. The first kappa shape index (κ1) is 39.7. The van der Waals surface area contributed by atoms with Crippen LogP contribution < -0.4 is 4.90 Å². The molecule has 5 rings (SSSR count). The number of thiophene rings is 1. The molecule has 3 aromatic rings. The number of aromatic nitrogens is 2. The third-order valence-electron chi connectivity index (χ3n) is 6.54. The molecule has 0 bridgehead atoms. The highest BCUT2D eigenvalue weighted by molar-refractivity contribution is 7.11. The molecule has 1 spiro atoms. The molecule has 20 heteroatoms. The highest BCUT2D eigenvalue weighted by Crippen LogP contribution is 2.45. The molecule has 0 aromatic carbocycles. The Labute approximate surface area is 270 Å². The van der Waals surface area contributed by atoms with E-state index in [4.69, 9.17) is 34.7 Å². The smallest absolute Gasteiger partial charge is 0.475 e. The van der Waals surface area contributed by atoms with E-state index in [0.29, 0.717) is 0 Å². The first-order valence-electron chi connectivity index (χ1n) is 13.3. The zero-order chi connectivity index (χ0) is 36.5. The lowest BCUT2D eigenvalue weighted by molar-refractivity contribution is -0.193. The average molecular weight is 719 g/mol. The zero-order valence-corrected chi connectivity index (χ0v) is 25.4. The van der Waals surface area contributed by atoms with Crippen LogP contribution in [0.25, 0.3) is 0 Å². The third-order valence-corrected chi connectivity index (χ3v) is 7.52. The summed E-state index contributed by atoms with van der Waals surface area (Å²) in [4.78, 5) is 44.0. The molecule has 0 saturated carbocycles. The van der Waals surface area contributed by atoms with Crippen LogP contribution in [0.1, 0.15) is 27.6 Å². The minimum Gasteiger partial charge on any atom is -0.475 e. The van der Waals surface area contributed by atoms with E-state index in [-0.39, 0.29) is 5.41 Å². The van der Waals surface area contributed by atoms with Gasteiger partial charge < -0.3 is 20.2 Å². The van der Waals surface area contributed by atoms with Crippen molar-refractivity contribution >= 4 is 34.9 Å². The Hall–Kier alpha value is -4.46. The second-order valence-corrected chi connectivity index (χ2v) is 11.6. The standard InChI is InChI=1S/C22H24N4S.3C2HF3O2/c1-17-7-8-19(27-17)14-25-12-9-22(15-25)16-26(13-18-5-2-3-10-23-18)20-6-4-11-24-21(20)22;3*3-2(4,5)1(6)7/h2-8,10-11H,9,12-16H2,1H3;3*(H,6,7). The first-order valence-corrected chi connectivity index (χ1v) is 14.1. The molecule has 5 heterocycles. The van der Waals surface area contributed by atoms with Gasteiger partial charge in [-0.1, -0.05) is 6.07 Å². The normalized spacial score (nSPS) is 17.2. The average Bonchev–Trinajstić information content (AvgIpc) is 3.66. The molecular formula is C28H27F9N4O6S. The number of aryl methyl sites for hydroxylation is 1. The van der Waals surface area contributed by atoms with Crippen LogP contribution in [0.4, 0.5) is 45.2 Å². The summed E-state index contributed by atoms with van der Waals surface area (Å²) in [5.41, 5.74) is 3.84. The van der Waals surface area contributed by atoms with Gasteiger partial charge in [0.05, 0.1) is 23.6 Å². The van der Waals surface area contributed by atoms with Crippen molar-refractivity contribution in [3.05, 3.63) is 76.0 Å². The Kier molecular flexibility index (Phi) is 13.3. The maximum Gasteiger partial charge on any atom is 0.490 e. The number of halogens is 9. The van der Waals surface area contributed by atoms with Gasteiger partial charge in [-0.15, -0.1) is 11.3 Å². The van der Waals surface area contributed by atoms with Crippen molar-refractivity contribution in [2.75, 3.05) is 24.5 Å². The molecule has 1 fully saturated rings. The van der Waals surface area contributed by atoms with E-state index in [9.17, 15) is 39.5 Å². The fourth-order valence-corrected chi connectivity index (χ4v) is 5.55. The van der Waals surface area contributed by atoms with E-state index < -0.39 is 36.4 Å². The lowest BCUT2D eigenvalue weighted by Gasteiger charge is -2.25. The predicted molar refractivity (Wildman–Crippen MR) is 151 cm³/mol. The summed E-state index contributed by atoms with van der Waals surface area (Å²) in [6.45, 7) is 7.37. The minimum absolute atomic E-state index is 0.150. The summed E-state index contributed by atoms with van der Waals surface area (Å²) in [6.07, 6.45) is -10.2. The van der Waals surface area contributed by atoms with Gasteiger partial charge in [0, 0.05) is 47.2 Å². The second-order valence-electron chi connectivity index (χ2n) is 10.2. The number of rotatable bonds is 4. The fraction of sp³-hybridized carbons (Fsp3) is 0.393. The van der Waals surface area contributed by atoms with E-state index in [2.05, 4.69) is 58.1 Å². The van der Waals surface area contributed by atoms with E-state index >= 15 is 0 Å². The van der Waals surface area contributed by atoms with E-state index in [1.807, 2.05) is 29.8 Å². The molecule has 48 heavy (non-hydrogen) atoms. The van der Waals surface area contributed by atoms with E-state index in [0.717, 1.165) is 38.4 Å². The molecule has 0 radical (unpaired) electrons. The molecular weight excluding hydrogens is 691 g/mol. The maximum absolute atomic E-state index is 10.6. The molecule has 0 aliphatic carbocycles. The van der Waals surface area contributed by atoms with Gasteiger partial charge in [0.25, 0.3) is 0 Å². The number of carboxylic acids is 3. The van der Waals surface area contributed by atoms with Gasteiger partial charge >= 0.3 is 36.4 Å². The van der Waals surface area contributed by atoms with Crippen molar-refractivity contribution in [2.24, 2.45) is 0 Å². The van der Waals surface area contributed by atoms with Gasteiger partial charge in [0.2, 0.25) is 0 Å². The Balaban J connectivity index is 0.000000313. The van der Waals surface area contributed by atoms with Crippen LogP contribution in [0, 0.1) is 6.92 Å². The summed E-state index contributed by atoms with van der Waals surface area (Å²) < 4.78 is 95.2. The molecule has 2 aliphatic rings. The van der Waals surface area contributed by atoms with Crippen LogP contribution in [0.3, 0.4) is 0 Å². The molecule has 10 nitrogen and oxygen atoms in total. The number of pyridine rings is 2. The van der Waals surface area contributed by atoms with Crippen molar-refractivity contribution in [1.82, 2.24) is 14.9 Å². The quantitative estimate of drug-likeness (QED) is 0.279. The predicted octanol–water partition coefficient (Wildman–Crippen LogP) is 5.91. The van der Waals surface area contributed by atoms with Crippen LogP contribution in [0.2, 0.25) is 0 Å². The molecule has 0 amide bonds. The number of aliphatic carboxylic acids is 3. The third kappa shape index (κ3) is 12.0. The number of nitrogens with zero attached hydrogens (tertiary/aromatic N) is 4. The topological polar surface area (TPSA) is 144 Å². The molecule has 3 aromatic heterocycles. The van der Waals surface area contributed by atoms with E-state index in [1.54, 1.807) is 0 Å². The van der Waals surface area contributed by atoms with Gasteiger partial charge in [-0.05, 0) is 56.3 Å². The minimum atomic E-state index is -5.08. The van der Waals surface area contributed by atoms with Gasteiger partial charge in [0.15, 0.2) is 0 Å². The van der Waals surface area contributed by atoms with Crippen LogP contribution >= 0.6 is 11.3 Å². The lowest BCUT2D eigenvalue weighted by atomic mass is 9.85. The molecule has 1 unspecified atom stereocenters. The van der Waals surface area contributed by atoms with Crippen LogP contribution in [0.15, 0.2) is 54.9 Å². The van der Waals surface area contributed by atoms with E-state index in [1.165, 1.54) is 27.6 Å².